The van der Waals surface area contributed by atoms with E-state index in [1.165, 1.54) is 18.2 Å². The summed E-state index contributed by atoms with van der Waals surface area (Å²) in [6.07, 6.45) is 2.03. The highest BCUT2D eigenvalue weighted by molar-refractivity contribution is 6.31. The standard InChI is InChI=1S/C11H9ClO3/c1-2-9(11(14)15)10-4-3-8(12)5-7(10)6-13/h2-6H,1H3,(H,14,15)/b9-2+. The number of aldehydes is 1. The van der Waals surface area contributed by atoms with Crippen molar-refractivity contribution in [3.63, 3.8) is 0 Å². The fourth-order valence-electron chi connectivity index (χ4n) is 1.27. The Bertz CT molecular complexity index is 435. The molecule has 1 aromatic rings. The van der Waals surface area contributed by atoms with Crippen LogP contribution in [0.15, 0.2) is 24.3 Å². The molecule has 0 aliphatic rings. The molecule has 3 nitrogen and oxygen atoms in total. The van der Waals surface area contributed by atoms with Gasteiger partial charge < -0.3 is 5.11 Å². The maximum Gasteiger partial charge on any atom is 0.335 e. The highest BCUT2D eigenvalue weighted by atomic mass is 35.5. The zero-order valence-electron chi connectivity index (χ0n) is 8.03. The topological polar surface area (TPSA) is 54.4 Å². The van der Waals surface area contributed by atoms with Crippen molar-refractivity contribution < 1.29 is 14.7 Å². The SMILES string of the molecule is C/C=C(/C(=O)O)c1ccc(Cl)cc1C=O. The van der Waals surface area contributed by atoms with Crippen LogP contribution in [-0.2, 0) is 4.79 Å². The van der Waals surface area contributed by atoms with Crippen molar-refractivity contribution in [2.24, 2.45) is 0 Å². The second-order valence-corrected chi connectivity index (χ2v) is 3.29. The lowest BCUT2D eigenvalue weighted by Crippen LogP contribution is -2.02. The molecule has 0 radical (unpaired) electrons. The molecule has 4 heteroatoms. The largest absolute Gasteiger partial charge is 0.478 e. The molecule has 0 bridgehead atoms. The normalized spacial score (nSPS) is 11.2. The van der Waals surface area contributed by atoms with Crippen LogP contribution in [0.1, 0.15) is 22.8 Å². The summed E-state index contributed by atoms with van der Waals surface area (Å²) in [5.41, 5.74) is 0.746. The van der Waals surface area contributed by atoms with Crippen LogP contribution in [0.3, 0.4) is 0 Å². The van der Waals surface area contributed by atoms with Crippen molar-refractivity contribution in [2.45, 2.75) is 6.92 Å². The van der Waals surface area contributed by atoms with Crippen LogP contribution in [0.2, 0.25) is 5.02 Å². The molecule has 0 heterocycles. The lowest BCUT2D eigenvalue weighted by atomic mass is 10.0. The molecule has 0 amide bonds. The number of carbonyl (C=O) groups excluding carboxylic acids is 1. The fraction of sp³-hybridized carbons (Fsp3) is 0.0909. The number of carboxylic acids is 1. The van der Waals surface area contributed by atoms with E-state index in [0.717, 1.165) is 0 Å². The van der Waals surface area contributed by atoms with Crippen LogP contribution in [0, 0.1) is 0 Å². The van der Waals surface area contributed by atoms with Crippen LogP contribution in [0.25, 0.3) is 5.57 Å². The lowest BCUT2D eigenvalue weighted by Gasteiger charge is -2.05. The summed E-state index contributed by atoms with van der Waals surface area (Å²) in [7, 11) is 0. The monoisotopic (exact) mass is 224 g/mol. The van der Waals surface area contributed by atoms with Gasteiger partial charge in [-0.1, -0.05) is 23.7 Å². The quantitative estimate of drug-likeness (QED) is 0.634. The molecular formula is C11H9ClO3. The number of aliphatic carboxylic acids is 1. The predicted octanol–water partition coefficient (Wildman–Crippen LogP) is 2.64. The first-order chi connectivity index (χ1) is 7.10. The van der Waals surface area contributed by atoms with Gasteiger partial charge in [-0.3, -0.25) is 4.79 Å². The molecule has 1 aromatic carbocycles. The van der Waals surface area contributed by atoms with Crippen LogP contribution < -0.4 is 0 Å². The van der Waals surface area contributed by atoms with E-state index in [1.54, 1.807) is 13.0 Å². The second kappa shape index (κ2) is 4.75. The minimum atomic E-state index is -1.07. The Balaban J connectivity index is 3.36. The number of benzene rings is 1. The van der Waals surface area contributed by atoms with Crippen molar-refractivity contribution in [1.82, 2.24) is 0 Å². The number of hydrogen-bond donors (Lipinski definition) is 1. The molecule has 15 heavy (non-hydrogen) atoms. The van der Waals surface area contributed by atoms with Gasteiger partial charge in [0.05, 0.1) is 5.57 Å². The van der Waals surface area contributed by atoms with Gasteiger partial charge in [-0.05, 0) is 24.6 Å². The van der Waals surface area contributed by atoms with Crippen molar-refractivity contribution in [3.05, 3.63) is 40.4 Å². The summed E-state index contributed by atoms with van der Waals surface area (Å²) in [5.74, 6) is -1.07. The third-order valence-corrected chi connectivity index (χ3v) is 2.18. The van der Waals surface area contributed by atoms with E-state index >= 15 is 0 Å². The van der Waals surface area contributed by atoms with E-state index < -0.39 is 5.97 Å². The van der Waals surface area contributed by atoms with Gasteiger partial charge in [0.15, 0.2) is 6.29 Å². The Morgan fingerprint density at radius 2 is 2.13 bits per heavy atom. The smallest absolute Gasteiger partial charge is 0.335 e. The minimum Gasteiger partial charge on any atom is -0.478 e. The summed E-state index contributed by atoms with van der Waals surface area (Å²) < 4.78 is 0. The molecule has 0 atom stereocenters. The fourth-order valence-corrected chi connectivity index (χ4v) is 1.45. The van der Waals surface area contributed by atoms with Crippen molar-refractivity contribution in [2.75, 3.05) is 0 Å². The molecule has 0 aliphatic carbocycles. The van der Waals surface area contributed by atoms with Crippen LogP contribution in [-0.4, -0.2) is 17.4 Å². The number of carboxylic acid groups (broad SMARTS) is 1. The van der Waals surface area contributed by atoms with Gasteiger partial charge in [0, 0.05) is 10.6 Å². The Morgan fingerprint density at radius 3 is 2.60 bits per heavy atom. The molecule has 1 rings (SSSR count). The lowest BCUT2D eigenvalue weighted by molar-refractivity contribution is -0.130. The van der Waals surface area contributed by atoms with Crippen molar-refractivity contribution in [1.29, 1.82) is 0 Å². The zero-order chi connectivity index (χ0) is 11.4. The summed E-state index contributed by atoms with van der Waals surface area (Å²) in [5, 5.41) is 9.30. The predicted molar refractivity (Wildman–Crippen MR) is 58.1 cm³/mol. The second-order valence-electron chi connectivity index (χ2n) is 2.86. The number of allylic oxidation sites excluding steroid dienone is 1. The summed E-state index contributed by atoms with van der Waals surface area (Å²) >= 11 is 5.70. The van der Waals surface area contributed by atoms with Gasteiger partial charge >= 0.3 is 5.97 Å². The van der Waals surface area contributed by atoms with Crippen LogP contribution in [0.5, 0.6) is 0 Å². The first kappa shape index (κ1) is 11.5. The molecule has 0 unspecified atom stereocenters. The number of carbonyl (C=O) groups is 2. The van der Waals surface area contributed by atoms with E-state index in [0.29, 0.717) is 16.9 Å². The van der Waals surface area contributed by atoms with Crippen LogP contribution in [0.4, 0.5) is 0 Å². The molecule has 0 aliphatic heterocycles. The third kappa shape index (κ3) is 2.44. The summed E-state index contributed by atoms with van der Waals surface area (Å²) in [4.78, 5) is 21.6. The molecule has 1 N–H and O–H groups in total. The highest BCUT2D eigenvalue weighted by Gasteiger charge is 2.13. The molecule has 0 saturated carbocycles. The Hall–Kier alpha value is -1.61. The van der Waals surface area contributed by atoms with Crippen LogP contribution >= 0.6 is 11.6 Å². The Morgan fingerprint density at radius 1 is 1.47 bits per heavy atom. The van der Waals surface area contributed by atoms with Gasteiger partial charge in [-0.15, -0.1) is 0 Å². The average Bonchev–Trinajstić information content (AvgIpc) is 2.20. The number of rotatable bonds is 3. The molecule has 0 saturated heterocycles. The van der Waals surface area contributed by atoms with Crippen molar-refractivity contribution in [3.8, 4) is 0 Å². The van der Waals surface area contributed by atoms with Gasteiger partial charge in [0.25, 0.3) is 0 Å². The average molecular weight is 225 g/mol. The Labute approximate surface area is 92.0 Å². The molecule has 0 aromatic heterocycles. The molecular weight excluding hydrogens is 216 g/mol. The molecule has 0 spiro atoms. The van der Waals surface area contributed by atoms with E-state index in [-0.39, 0.29) is 11.1 Å². The van der Waals surface area contributed by atoms with E-state index in [2.05, 4.69) is 0 Å². The minimum absolute atomic E-state index is 0.0915. The van der Waals surface area contributed by atoms with Gasteiger partial charge in [0.1, 0.15) is 0 Å². The number of hydrogen-bond acceptors (Lipinski definition) is 2. The first-order valence-corrected chi connectivity index (χ1v) is 4.62. The highest BCUT2D eigenvalue weighted by Crippen LogP contribution is 2.22. The molecule has 0 fully saturated rings. The van der Waals surface area contributed by atoms with E-state index in [1.807, 2.05) is 0 Å². The van der Waals surface area contributed by atoms with Crippen molar-refractivity contribution >= 4 is 29.4 Å². The summed E-state index contributed by atoms with van der Waals surface area (Å²) in [6.45, 7) is 1.60. The number of halogens is 1. The van der Waals surface area contributed by atoms with E-state index in [9.17, 15) is 9.59 Å². The molecule has 78 valence electrons. The first-order valence-electron chi connectivity index (χ1n) is 4.25. The van der Waals surface area contributed by atoms with Gasteiger partial charge in [-0.2, -0.15) is 0 Å². The Kier molecular flexibility index (Phi) is 3.63. The van der Waals surface area contributed by atoms with Gasteiger partial charge in [0.2, 0.25) is 0 Å². The maximum absolute atomic E-state index is 10.9. The maximum atomic E-state index is 10.9. The van der Waals surface area contributed by atoms with E-state index in [4.69, 9.17) is 16.7 Å². The zero-order valence-corrected chi connectivity index (χ0v) is 8.78. The third-order valence-electron chi connectivity index (χ3n) is 1.95. The summed E-state index contributed by atoms with van der Waals surface area (Å²) in [6, 6.07) is 4.52. The van der Waals surface area contributed by atoms with Gasteiger partial charge in [-0.25, -0.2) is 4.79 Å².